The molecule has 3 rings (SSSR count). The first kappa shape index (κ1) is 14.2. The van der Waals surface area contributed by atoms with Gasteiger partial charge in [-0.15, -0.1) is 11.3 Å². The lowest BCUT2D eigenvalue weighted by atomic mass is 10.0. The number of hydrogen-bond donors (Lipinski definition) is 2. The maximum absolute atomic E-state index is 5.99. The first-order valence-corrected chi connectivity index (χ1v) is 8.09. The molecule has 0 fully saturated rings. The number of thiazole rings is 1. The van der Waals surface area contributed by atoms with E-state index in [0.29, 0.717) is 0 Å². The molecular weight excluding hydrogens is 282 g/mol. The summed E-state index contributed by atoms with van der Waals surface area (Å²) in [5, 5.41) is 7.71. The quantitative estimate of drug-likeness (QED) is 0.895. The molecule has 1 aliphatic heterocycles. The van der Waals surface area contributed by atoms with Gasteiger partial charge in [0.05, 0.1) is 17.9 Å². The van der Waals surface area contributed by atoms with Gasteiger partial charge in [0.25, 0.3) is 0 Å². The van der Waals surface area contributed by atoms with Crippen LogP contribution in [0.3, 0.4) is 0 Å². The zero-order valence-electron chi connectivity index (χ0n) is 12.9. The summed E-state index contributed by atoms with van der Waals surface area (Å²) in [6.45, 7) is 10.1. The van der Waals surface area contributed by atoms with E-state index in [0.717, 1.165) is 40.9 Å². The monoisotopic (exact) mass is 303 g/mol. The van der Waals surface area contributed by atoms with E-state index in [2.05, 4.69) is 55.4 Å². The Morgan fingerprint density at radius 2 is 2.24 bits per heavy atom. The van der Waals surface area contributed by atoms with E-state index in [1.165, 1.54) is 4.88 Å². The number of benzene rings is 1. The topological polar surface area (TPSA) is 46.2 Å². The van der Waals surface area contributed by atoms with E-state index < -0.39 is 0 Å². The molecule has 0 saturated heterocycles. The molecule has 21 heavy (non-hydrogen) atoms. The predicted molar refractivity (Wildman–Crippen MR) is 89.6 cm³/mol. The molecular formula is C16H21N3OS. The maximum atomic E-state index is 5.99. The van der Waals surface area contributed by atoms with Crippen molar-refractivity contribution >= 4 is 22.2 Å². The zero-order chi connectivity index (χ0) is 15.0. The Kier molecular flexibility index (Phi) is 3.53. The molecule has 4 nitrogen and oxygen atoms in total. The molecule has 112 valence electrons. The van der Waals surface area contributed by atoms with Gasteiger partial charge in [0, 0.05) is 17.0 Å². The Hall–Kier alpha value is -1.75. The Labute approximate surface area is 129 Å². The highest BCUT2D eigenvalue weighted by Crippen LogP contribution is 2.38. The standard InChI is InChI=1S/C16H21N3OS/c1-5-17-15-19-14(10(2)21-15)11-6-7-13-12(8-11)18-9-16(3,4)20-13/h6-8,18H,5,9H2,1-4H3,(H,17,19). The maximum Gasteiger partial charge on any atom is 0.183 e. The van der Waals surface area contributed by atoms with Crippen molar-refractivity contribution < 1.29 is 4.74 Å². The van der Waals surface area contributed by atoms with Crippen molar-refractivity contribution in [1.29, 1.82) is 0 Å². The van der Waals surface area contributed by atoms with Gasteiger partial charge in [-0.05, 0) is 45.9 Å². The number of aryl methyl sites for hydroxylation is 1. The van der Waals surface area contributed by atoms with Crippen LogP contribution in [0, 0.1) is 6.92 Å². The fraction of sp³-hybridized carbons (Fsp3) is 0.438. The Morgan fingerprint density at radius 3 is 3.00 bits per heavy atom. The number of fused-ring (bicyclic) bond motifs is 1. The van der Waals surface area contributed by atoms with Crippen LogP contribution in [0.5, 0.6) is 5.75 Å². The largest absolute Gasteiger partial charge is 0.484 e. The third kappa shape index (κ3) is 2.83. The molecule has 2 aromatic rings. The first-order valence-electron chi connectivity index (χ1n) is 7.27. The highest BCUT2D eigenvalue weighted by atomic mass is 32.1. The summed E-state index contributed by atoms with van der Waals surface area (Å²) in [5.41, 5.74) is 3.06. The molecule has 0 bridgehead atoms. The summed E-state index contributed by atoms with van der Waals surface area (Å²) in [6.07, 6.45) is 0. The molecule has 0 saturated carbocycles. The van der Waals surface area contributed by atoms with Crippen LogP contribution in [0.2, 0.25) is 0 Å². The Balaban J connectivity index is 1.94. The van der Waals surface area contributed by atoms with Gasteiger partial charge in [-0.25, -0.2) is 4.98 Å². The second kappa shape index (κ2) is 5.22. The molecule has 1 aromatic carbocycles. The third-order valence-corrected chi connectivity index (χ3v) is 4.40. The van der Waals surface area contributed by atoms with Crippen LogP contribution < -0.4 is 15.4 Å². The van der Waals surface area contributed by atoms with Crippen molar-refractivity contribution in [1.82, 2.24) is 4.98 Å². The molecule has 0 aliphatic carbocycles. The van der Waals surface area contributed by atoms with Crippen molar-refractivity contribution in [3.8, 4) is 17.0 Å². The van der Waals surface area contributed by atoms with Gasteiger partial charge in [-0.1, -0.05) is 0 Å². The Morgan fingerprint density at radius 1 is 1.43 bits per heavy atom. The van der Waals surface area contributed by atoms with Gasteiger partial charge in [0.1, 0.15) is 11.4 Å². The van der Waals surface area contributed by atoms with Crippen molar-refractivity contribution in [2.24, 2.45) is 0 Å². The minimum Gasteiger partial charge on any atom is -0.484 e. The minimum absolute atomic E-state index is 0.163. The van der Waals surface area contributed by atoms with E-state index in [1.807, 2.05) is 6.07 Å². The summed E-state index contributed by atoms with van der Waals surface area (Å²) >= 11 is 1.70. The molecule has 0 amide bonds. The molecule has 0 spiro atoms. The minimum atomic E-state index is -0.163. The molecule has 0 radical (unpaired) electrons. The van der Waals surface area contributed by atoms with Gasteiger partial charge in [-0.2, -0.15) is 0 Å². The lowest BCUT2D eigenvalue weighted by Crippen LogP contribution is -2.39. The van der Waals surface area contributed by atoms with Gasteiger partial charge in [-0.3, -0.25) is 0 Å². The summed E-state index contributed by atoms with van der Waals surface area (Å²) < 4.78 is 5.99. The molecule has 1 aromatic heterocycles. The van der Waals surface area contributed by atoms with E-state index >= 15 is 0 Å². The third-order valence-electron chi connectivity index (χ3n) is 3.47. The van der Waals surface area contributed by atoms with Gasteiger partial charge in [0.15, 0.2) is 5.13 Å². The molecule has 1 aliphatic rings. The highest BCUT2D eigenvalue weighted by molar-refractivity contribution is 7.16. The second-order valence-electron chi connectivity index (χ2n) is 5.88. The number of ether oxygens (including phenoxy) is 1. The fourth-order valence-corrected chi connectivity index (χ4v) is 3.34. The van der Waals surface area contributed by atoms with Crippen LogP contribution in [-0.4, -0.2) is 23.7 Å². The van der Waals surface area contributed by atoms with E-state index in [9.17, 15) is 0 Å². The molecule has 2 heterocycles. The molecule has 0 atom stereocenters. The zero-order valence-corrected chi connectivity index (χ0v) is 13.7. The van der Waals surface area contributed by atoms with Crippen molar-refractivity contribution in [2.45, 2.75) is 33.3 Å². The van der Waals surface area contributed by atoms with Crippen LogP contribution in [0.4, 0.5) is 10.8 Å². The highest BCUT2D eigenvalue weighted by Gasteiger charge is 2.26. The van der Waals surface area contributed by atoms with Crippen LogP contribution in [0.25, 0.3) is 11.3 Å². The number of aromatic nitrogens is 1. The van der Waals surface area contributed by atoms with E-state index in [-0.39, 0.29) is 5.60 Å². The van der Waals surface area contributed by atoms with Crippen LogP contribution in [-0.2, 0) is 0 Å². The number of hydrogen-bond acceptors (Lipinski definition) is 5. The van der Waals surface area contributed by atoms with Crippen LogP contribution >= 0.6 is 11.3 Å². The second-order valence-corrected chi connectivity index (χ2v) is 7.08. The number of nitrogens with zero attached hydrogens (tertiary/aromatic N) is 1. The number of rotatable bonds is 3. The summed E-state index contributed by atoms with van der Waals surface area (Å²) in [7, 11) is 0. The van der Waals surface area contributed by atoms with Crippen molar-refractivity contribution in [2.75, 3.05) is 23.7 Å². The lowest BCUT2D eigenvalue weighted by molar-refractivity contribution is 0.116. The fourth-order valence-electron chi connectivity index (χ4n) is 2.44. The summed E-state index contributed by atoms with van der Waals surface area (Å²) in [5.74, 6) is 0.912. The van der Waals surface area contributed by atoms with Crippen LogP contribution in [0.15, 0.2) is 18.2 Å². The smallest absolute Gasteiger partial charge is 0.183 e. The normalized spacial score (nSPS) is 15.8. The van der Waals surface area contributed by atoms with Gasteiger partial charge >= 0.3 is 0 Å². The summed E-state index contributed by atoms with van der Waals surface area (Å²) in [6, 6.07) is 6.24. The number of nitrogens with one attached hydrogen (secondary N) is 2. The molecule has 2 N–H and O–H groups in total. The molecule has 0 unspecified atom stereocenters. The van der Waals surface area contributed by atoms with Crippen molar-refractivity contribution in [3.05, 3.63) is 23.1 Å². The lowest BCUT2D eigenvalue weighted by Gasteiger charge is -2.33. The number of anilines is 2. The first-order chi connectivity index (χ1) is 9.98. The summed E-state index contributed by atoms with van der Waals surface area (Å²) in [4.78, 5) is 5.91. The van der Waals surface area contributed by atoms with Gasteiger partial charge in [0.2, 0.25) is 0 Å². The van der Waals surface area contributed by atoms with Gasteiger partial charge < -0.3 is 15.4 Å². The predicted octanol–water partition coefficient (Wildman–Crippen LogP) is 4.13. The Bertz CT molecular complexity index is 664. The SMILES string of the molecule is CCNc1nc(-c2ccc3c(c2)NCC(C)(C)O3)c(C)s1. The molecule has 5 heteroatoms. The van der Waals surface area contributed by atoms with E-state index in [4.69, 9.17) is 4.74 Å². The average Bonchev–Trinajstić information content (AvgIpc) is 2.79. The van der Waals surface area contributed by atoms with Crippen molar-refractivity contribution in [3.63, 3.8) is 0 Å². The van der Waals surface area contributed by atoms with Crippen LogP contribution in [0.1, 0.15) is 25.6 Å². The van der Waals surface area contributed by atoms with E-state index in [1.54, 1.807) is 11.3 Å². The average molecular weight is 303 g/mol.